The van der Waals surface area contributed by atoms with E-state index in [4.69, 9.17) is 14.2 Å². The standard InChI is InChI=1S/C27H30N2O6/c1-26(2,3)34-24(31)28-21-13-12-16(33-7)14-19(21)23-18(15-22(28)30)17-10-8-9-11-20(17)29(23)25(32)35-27(4,5)6/h8-14H,15H2,1-7H3. The molecule has 0 saturated heterocycles. The van der Waals surface area contributed by atoms with E-state index in [2.05, 4.69) is 0 Å². The fourth-order valence-corrected chi connectivity index (χ4v) is 4.17. The molecule has 0 aliphatic carbocycles. The number of carbonyl (C=O) groups excluding carboxylic acids is 3. The van der Waals surface area contributed by atoms with Gasteiger partial charge in [0.05, 0.1) is 30.4 Å². The van der Waals surface area contributed by atoms with Gasteiger partial charge in [0.1, 0.15) is 17.0 Å². The van der Waals surface area contributed by atoms with Gasteiger partial charge in [0.2, 0.25) is 5.91 Å². The first-order valence-electron chi connectivity index (χ1n) is 11.4. The van der Waals surface area contributed by atoms with Gasteiger partial charge in [-0.2, -0.15) is 0 Å². The Morgan fingerprint density at radius 3 is 2.14 bits per heavy atom. The molecule has 2 heterocycles. The molecule has 8 nitrogen and oxygen atoms in total. The summed E-state index contributed by atoms with van der Waals surface area (Å²) in [5.74, 6) is 0.0469. The lowest BCUT2D eigenvalue weighted by atomic mass is 10.0. The van der Waals surface area contributed by atoms with Gasteiger partial charge in [0, 0.05) is 10.9 Å². The van der Waals surface area contributed by atoms with Gasteiger partial charge in [-0.15, -0.1) is 0 Å². The second-order valence-corrected chi connectivity index (χ2v) is 10.4. The monoisotopic (exact) mass is 478 g/mol. The number of carbonyl (C=O) groups is 3. The third-order valence-electron chi connectivity index (χ3n) is 5.41. The highest BCUT2D eigenvalue weighted by molar-refractivity contribution is 6.19. The van der Waals surface area contributed by atoms with Crippen LogP contribution >= 0.6 is 0 Å². The number of benzene rings is 2. The molecule has 1 aliphatic rings. The molecule has 1 aromatic heterocycles. The zero-order valence-electron chi connectivity index (χ0n) is 21.1. The average Bonchev–Trinajstić information content (AvgIpc) is 2.99. The molecule has 0 spiro atoms. The fourth-order valence-electron chi connectivity index (χ4n) is 4.17. The van der Waals surface area contributed by atoms with Crippen molar-refractivity contribution in [2.75, 3.05) is 12.0 Å². The summed E-state index contributed by atoms with van der Waals surface area (Å²) in [6.45, 7) is 10.6. The third-order valence-corrected chi connectivity index (χ3v) is 5.41. The van der Waals surface area contributed by atoms with Crippen LogP contribution in [0.5, 0.6) is 5.75 Å². The maximum absolute atomic E-state index is 13.5. The smallest absolute Gasteiger partial charge is 0.421 e. The van der Waals surface area contributed by atoms with Crippen LogP contribution in [0.15, 0.2) is 42.5 Å². The first-order chi connectivity index (χ1) is 16.3. The maximum atomic E-state index is 13.5. The lowest BCUT2D eigenvalue weighted by Gasteiger charge is -2.26. The van der Waals surface area contributed by atoms with Crippen LogP contribution in [-0.2, 0) is 20.7 Å². The molecule has 0 saturated carbocycles. The van der Waals surface area contributed by atoms with Crippen molar-refractivity contribution < 1.29 is 28.6 Å². The van der Waals surface area contributed by atoms with Gasteiger partial charge in [-0.3, -0.25) is 4.79 Å². The van der Waals surface area contributed by atoms with Gasteiger partial charge < -0.3 is 14.2 Å². The highest BCUT2D eigenvalue weighted by Crippen LogP contribution is 2.44. The molecule has 2 amide bonds. The van der Waals surface area contributed by atoms with Crippen LogP contribution < -0.4 is 9.64 Å². The summed E-state index contributed by atoms with van der Waals surface area (Å²) in [6, 6.07) is 12.3. The molecular weight excluding hydrogens is 448 g/mol. The molecule has 4 rings (SSSR count). The number of fused-ring (bicyclic) bond motifs is 5. The van der Waals surface area contributed by atoms with Crippen LogP contribution in [-0.4, -0.2) is 41.0 Å². The number of imide groups is 1. The topological polar surface area (TPSA) is 87.1 Å². The summed E-state index contributed by atoms with van der Waals surface area (Å²) in [6.07, 6.45) is -1.48. The molecule has 0 N–H and O–H groups in total. The SMILES string of the molecule is COc1ccc2c(c1)-c1c(c3ccccc3n1C(=O)OC(C)(C)C)CC(=O)N2C(=O)OC(C)(C)C. The Kier molecular flexibility index (Phi) is 5.87. The van der Waals surface area contributed by atoms with Gasteiger partial charge in [0.15, 0.2) is 0 Å². The number of rotatable bonds is 1. The Morgan fingerprint density at radius 1 is 0.886 bits per heavy atom. The molecule has 0 unspecified atom stereocenters. The summed E-state index contributed by atoms with van der Waals surface area (Å²) in [7, 11) is 1.53. The van der Waals surface area contributed by atoms with E-state index in [1.807, 2.05) is 24.3 Å². The predicted molar refractivity (Wildman–Crippen MR) is 133 cm³/mol. The Hall–Kier alpha value is -3.81. The Morgan fingerprint density at radius 2 is 1.51 bits per heavy atom. The number of para-hydroxylation sites is 1. The number of anilines is 1. The Labute approximate surface area is 204 Å². The third kappa shape index (κ3) is 4.60. The van der Waals surface area contributed by atoms with Crippen molar-refractivity contribution in [1.29, 1.82) is 0 Å². The van der Waals surface area contributed by atoms with E-state index in [0.29, 0.717) is 33.8 Å². The molecule has 3 aromatic rings. The van der Waals surface area contributed by atoms with Crippen LogP contribution in [0, 0.1) is 0 Å². The number of hydrogen-bond acceptors (Lipinski definition) is 6. The van der Waals surface area contributed by atoms with Gasteiger partial charge >= 0.3 is 12.2 Å². The first kappa shape index (κ1) is 24.3. The van der Waals surface area contributed by atoms with Crippen molar-refractivity contribution in [3.63, 3.8) is 0 Å². The molecule has 8 heteroatoms. The number of aromatic nitrogens is 1. The van der Waals surface area contributed by atoms with Crippen LogP contribution in [0.4, 0.5) is 15.3 Å². The van der Waals surface area contributed by atoms with Crippen molar-refractivity contribution in [2.45, 2.75) is 59.2 Å². The summed E-state index contributed by atoms with van der Waals surface area (Å²) in [4.78, 5) is 41.3. The van der Waals surface area contributed by atoms with Crippen molar-refractivity contribution in [2.24, 2.45) is 0 Å². The molecule has 0 atom stereocenters. The Balaban J connectivity index is 2.04. The summed E-state index contributed by atoms with van der Waals surface area (Å²) in [5, 5.41) is 0.724. The van der Waals surface area contributed by atoms with E-state index in [-0.39, 0.29) is 6.42 Å². The minimum atomic E-state index is -0.804. The highest BCUT2D eigenvalue weighted by atomic mass is 16.6. The normalized spacial score (nSPS) is 13.7. The highest BCUT2D eigenvalue weighted by Gasteiger charge is 2.38. The van der Waals surface area contributed by atoms with Crippen LogP contribution in [0.1, 0.15) is 47.1 Å². The summed E-state index contributed by atoms with van der Waals surface area (Å²) >= 11 is 0. The number of ether oxygens (including phenoxy) is 3. The quantitative estimate of drug-likeness (QED) is 0.431. The molecule has 35 heavy (non-hydrogen) atoms. The average molecular weight is 479 g/mol. The van der Waals surface area contributed by atoms with Crippen LogP contribution in [0.3, 0.4) is 0 Å². The van der Waals surface area contributed by atoms with E-state index in [1.54, 1.807) is 59.7 Å². The number of hydrogen-bond donors (Lipinski definition) is 0. The van der Waals surface area contributed by atoms with Crippen LogP contribution in [0.25, 0.3) is 22.2 Å². The van der Waals surface area contributed by atoms with E-state index in [0.717, 1.165) is 10.3 Å². The lowest BCUT2D eigenvalue weighted by Crippen LogP contribution is -2.41. The second kappa shape index (κ2) is 8.45. The molecule has 2 aromatic carbocycles. The predicted octanol–water partition coefficient (Wildman–Crippen LogP) is 5.92. The van der Waals surface area contributed by atoms with E-state index < -0.39 is 29.3 Å². The minimum absolute atomic E-state index is 0.109. The van der Waals surface area contributed by atoms with Gasteiger partial charge in [-0.25, -0.2) is 19.1 Å². The number of nitrogens with zero attached hydrogens (tertiary/aromatic N) is 2. The van der Waals surface area contributed by atoms with Crippen LogP contribution in [0.2, 0.25) is 0 Å². The molecule has 1 aliphatic heterocycles. The molecule has 0 fully saturated rings. The van der Waals surface area contributed by atoms with Gasteiger partial charge in [-0.05, 0) is 71.4 Å². The van der Waals surface area contributed by atoms with Gasteiger partial charge in [-0.1, -0.05) is 18.2 Å². The lowest BCUT2D eigenvalue weighted by molar-refractivity contribution is -0.117. The summed E-state index contributed by atoms with van der Waals surface area (Å²) in [5.41, 5.74) is 0.955. The van der Waals surface area contributed by atoms with Crippen molar-refractivity contribution in [3.05, 3.63) is 48.0 Å². The first-order valence-corrected chi connectivity index (χ1v) is 11.4. The van der Waals surface area contributed by atoms with Crippen molar-refractivity contribution in [1.82, 2.24) is 4.57 Å². The van der Waals surface area contributed by atoms with Crippen molar-refractivity contribution in [3.8, 4) is 17.0 Å². The Bertz CT molecular complexity index is 1340. The number of methoxy groups -OCH3 is 1. The van der Waals surface area contributed by atoms with E-state index >= 15 is 0 Å². The summed E-state index contributed by atoms with van der Waals surface area (Å²) < 4.78 is 18.2. The minimum Gasteiger partial charge on any atom is -0.497 e. The largest absolute Gasteiger partial charge is 0.497 e. The molecular formula is C27H30N2O6. The zero-order valence-corrected chi connectivity index (χ0v) is 21.1. The zero-order chi connectivity index (χ0) is 25.7. The second-order valence-electron chi connectivity index (χ2n) is 10.4. The maximum Gasteiger partial charge on any atom is 0.421 e. The van der Waals surface area contributed by atoms with E-state index in [9.17, 15) is 14.4 Å². The molecule has 184 valence electrons. The molecule has 0 radical (unpaired) electrons. The van der Waals surface area contributed by atoms with E-state index in [1.165, 1.54) is 11.7 Å². The molecule has 0 bridgehead atoms. The van der Waals surface area contributed by atoms with Crippen molar-refractivity contribution >= 4 is 34.7 Å². The fraction of sp³-hybridized carbons (Fsp3) is 0.370. The number of amides is 2. The van der Waals surface area contributed by atoms with Gasteiger partial charge in [0.25, 0.3) is 0 Å².